The lowest BCUT2D eigenvalue weighted by atomic mass is 9.80. The molecule has 5 aromatic heterocycles. The summed E-state index contributed by atoms with van der Waals surface area (Å²) in [5.41, 5.74) is 16.7. The molecule has 0 saturated carbocycles. The highest BCUT2D eigenvalue weighted by molar-refractivity contribution is 5.61. The maximum absolute atomic E-state index is 5.92. The van der Waals surface area contributed by atoms with Gasteiger partial charge in [-0.2, -0.15) is 0 Å². The smallest absolute Gasteiger partial charge is 0.131 e. The van der Waals surface area contributed by atoms with Crippen molar-refractivity contribution in [3.63, 3.8) is 0 Å². The van der Waals surface area contributed by atoms with Crippen LogP contribution in [0.4, 0.5) is 0 Å². The van der Waals surface area contributed by atoms with E-state index in [0.29, 0.717) is 24.6 Å². The van der Waals surface area contributed by atoms with Gasteiger partial charge in [-0.25, -0.2) is 14.3 Å². The van der Waals surface area contributed by atoms with Crippen LogP contribution in [0.5, 0.6) is 11.5 Å². The van der Waals surface area contributed by atoms with E-state index < -0.39 is 0 Å². The minimum Gasteiger partial charge on any atom is -0.494 e. The van der Waals surface area contributed by atoms with Crippen LogP contribution in [0.25, 0.3) is 45.5 Å². The van der Waals surface area contributed by atoms with Crippen LogP contribution in [0.15, 0.2) is 152 Å². The number of ether oxygens (including phenoxy) is 2. The van der Waals surface area contributed by atoms with Gasteiger partial charge in [0.2, 0.25) is 0 Å². The molecule has 3 aliphatic heterocycles. The second-order valence-corrected chi connectivity index (χ2v) is 25.5. The molecule has 80 heavy (non-hydrogen) atoms. The average Bonchev–Trinajstić information content (AvgIpc) is 4.19. The lowest BCUT2D eigenvalue weighted by Crippen LogP contribution is -2.17. The summed E-state index contributed by atoms with van der Waals surface area (Å²) in [6, 6.07) is 48.9. The van der Waals surface area contributed by atoms with Gasteiger partial charge in [0.05, 0.1) is 59.8 Å². The second kappa shape index (κ2) is 24.3. The normalized spacial score (nSPS) is 13.9. The predicted molar refractivity (Wildman–Crippen MR) is 324 cm³/mol. The lowest BCUT2D eigenvalue weighted by Gasteiger charge is -2.26. The van der Waals surface area contributed by atoms with Gasteiger partial charge in [-0.1, -0.05) is 148 Å². The summed E-state index contributed by atoms with van der Waals surface area (Å²) in [5, 5.41) is 18.0. The number of pyridine rings is 3. The number of fused-ring (bicyclic) bond motifs is 2. The topological polar surface area (TPSA) is 119 Å². The van der Waals surface area contributed by atoms with Crippen LogP contribution >= 0.6 is 0 Å². The van der Waals surface area contributed by atoms with Crippen molar-refractivity contribution in [3.8, 4) is 57.0 Å². The SMILES string of the molecule is CC(C)(C)c1cc(-n2cc(-c3cccc(-c4cn(-c5cc(C(C)(C)C)cc(C(C)(C)C)c5)nn4)n3)nn2)cc(C(C)(C)C)c1.c1cc2nc(c1)-c1cccc(n1)CCCc1ccc(cc1)OCCCCOc1ccc(cc1)CCC2. The van der Waals surface area contributed by atoms with Crippen LogP contribution in [0, 0.1) is 0 Å². The van der Waals surface area contributed by atoms with Gasteiger partial charge >= 0.3 is 0 Å². The number of benzene rings is 4. The average molecular weight is 1070 g/mol. The van der Waals surface area contributed by atoms with E-state index >= 15 is 0 Å². The molecule has 0 N–H and O–H groups in total. The Balaban J connectivity index is 0.000000197. The summed E-state index contributed by atoms with van der Waals surface area (Å²) < 4.78 is 15.5. The van der Waals surface area contributed by atoms with Crippen LogP contribution < -0.4 is 9.47 Å². The van der Waals surface area contributed by atoms with Gasteiger partial charge in [0.1, 0.15) is 22.9 Å². The Labute approximate surface area is 475 Å². The molecular formula is C69H81N9O2. The molecule has 0 atom stereocenters. The first kappa shape index (κ1) is 56.9. The fourth-order valence-corrected chi connectivity index (χ4v) is 9.51. The highest BCUT2D eigenvalue weighted by Gasteiger charge is 2.24. The van der Waals surface area contributed by atoms with Gasteiger partial charge in [0.15, 0.2) is 0 Å². The zero-order valence-electron chi connectivity index (χ0n) is 49.3. The molecule has 4 aromatic carbocycles. The quantitative estimate of drug-likeness (QED) is 0.170. The Morgan fingerprint density at radius 3 is 1.04 bits per heavy atom. The Bertz CT molecular complexity index is 3200. The Hall–Kier alpha value is -7.79. The number of aryl methyl sites for hydroxylation is 4. The molecule has 0 fully saturated rings. The molecule has 12 rings (SSSR count). The van der Waals surface area contributed by atoms with Crippen molar-refractivity contribution in [3.05, 3.63) is 197 Å². The molecule has 3 aliphatic rings. The van der Waals surface area contributed by atoms with Crippen molar-refractivity contribution in [2.45, 2.75) is 156 Å². The third-order valence-corrected chi connectivity index (χ3v) is 14.7. The summed E-state index contributed by atoms with van der Waals surface area (Å²) in [4.78, 5) is 14.8. The van der Waals surface area contributed by atoms with Gasteiger partial charge < -0.3 is 9.47 Å². The molecule has 11 nitrogen and oxygen atoms in total. The standard InChI is InChI=1S/C37H47N7.C32H34N2O2/c1-34(2,3)24-16-25(35(4,5)6)19-28(18-24)43-22-32(39-41-43)30-14-13-15-31(38-30)33-23-44(42-40-33)29-20-26(36(7,8)9)17-27(21-29)37(10,11)12;1-2-24-36-30-21-17-26(18-22-30)8-4-10-28-12-6-14-32(34-28)31-13-5-11-27(33-31)9-3-7-25-15-19-29(20-16-25)35-23-1/h13-23H,1-12H3;5-6,11-22H,1-4,7-10,23-24H2. The lowest BCUT2D eigenvalue weighted by molar-refractivity contribution is 0.266. The van der Waals surface area contributed by atoms with Gasteiger partial charge in [-0.15, -0.1) is 10.2 Å². The molecule has 0 radical (unpaired) electrons. The molecule has 8 heterocycles. The second-order valence-electron chi connectivity index (χ2n) is 25.5. The highest BCUT2D eigenvalue weighted by atomic mass is 16.5. The number of hydrogen-bond acceptors (Lipinski definition) is 9. The van der Waals surface area contributed by atoms with E-state index in [1.807, 2.05) is 40.0 Å². The van der Waals surface area contributed by atoms with Crippen molar-refractivity contribution in [2.24, 2.45) is 0 Å². The largest absolute Gasteiger partial charge is 0.494 e. The van der Waals surface area contributed by atoms with Gasteiger partial charge in [-0.3, -0.25) is 9.97 Å². The fraction of sp³-hybridized carbons (Fsp3) is 0.377. The number of hydrogen-bond donors (Lipinski definition) is 0. The van der Waals surface area contributed by atoms with Crippen LogP contribution in [0.3, 0.4) is 0 Å². The molecular weight excluding hydrogens is 987 g/mol. The Morgan fingerprint density at radius 1 is 0.350 bits per heavy atom. The van der Waals surface area contributed by atoms with E-state index in [-0.39, 0.29) is 21.7 Å². The van der Waals surface area contributed by atoms with E-state index in [9.17, 15) is 0 Å². The summed E-state index contributed by atoms with van der Waals surface area (Å²) in [7, 11) is 0. The maximum Gasteiger partial charge on any atom is 0.131 e. The number of nitrogens with zero attached hydrogens (tertiary/aromatic N) is 9. The zero-order chi connectivity index (χ0) is 56.7. The molecule has 0 aliphatic carbocycles. The number of aromatic nitrogens is 9. The molecule has 11 heteroatoms. The number of rotatable bonds is 4. The summed E-state index contributed by atoms with van der Waals surface area (Å²) in [6.45, 7) is 28.3. The van der Waals surface area contributed by atoms with Gasteiger partial charge in [0.25, 0.3) is 0 Å². The highest BCUT2D eigenvalue weighted by Crippen LogP contribution is 2.34. The molecule has 0 spiro atoms. The maximum atomic E-state index is 5.92. The van der Waals surface area contributed by atoms with Crippen LogP contribution in [-0.2, 0) is 47.3 Å². The fourth-order valence-electron chi connectivity index (χ4n) is 9.51. The van der Waals surface area contributed by atoms with E-state index in [1.54, 1.807) is 0 Å². The van der Waals surface area contributed by atoms with E-state index in [0.717, 1.165) is 108 Å². The third kappa shape index (κ3) is 15.1. The summed E-state index contributed by atoms with van der Waals surface area (Å²) >= 11 is 0. The molecule has 414 valence electrons. The van der Waals surface area contributed by atoms with Crippen molar-refractivity contribution in [1.29, 1.82) is 0 Å². The van der Waals surface area contributed by atoms with Crippen molar-refractivity contribution < 1.29 is 9.47 Å². The van der Waals surface area contributed by atoms with Crippen LogP contribution in [-0.4, -0.2) is 58.2 Å². The van der Waals surface area contributed by atoms with E-state index in [4.69, 9.17) is 24.4 Å². The molecule has 0 amide bonds. The summed E-state index contributed by atoms with van der Waals surface area (Å²) in [6.07, 6.45) is 11.9. The predicted octanol–water partition coefficient (Wildman–Crippen LogP) is 15.8. The Kier molecular flexibility index (Phi) is 17.3. The van der Waals surface area contributed by atoms with E-state index in [2.05, 4.69) is 225 Å². The minimum atomic E-state index is 0.00905. The Morgan fingerprint density at radius 2 is 0.688 bits per heavy atom. The van der Waals surface area contributed by atoms with Gasteiger partial charge in [0, 0.05) is 11.4 Å². The van der Waals surface area contributed by atoms with Crippen LogP contribution in [0.2, 0.25) is 0 Å². The van der Waals surface area contributed by atoms with E-state index in [1.165, 1.54) is 33.4 Å². The summed E-state index contributed by atoms with van der Waals surface area (Å²) in [5.74, 6) is 1.86. The first-order valence-electron chi connectivity index (χ1n) is 28.6. The minimum absolute atomic E-state index is 0.00905. The van der Waals surface area contributed by atoms with Crippen LogP contribution in [0.1, 0.15) is 154 Å². The first-order chi connectivity index (χ1) is 38.1. The molecule has 0 unspecified atom stereocenters. The third-order valence-electron chi connectivity index (χ3n) is 14.7. The van der Waals surface area contributed by atoms with Crippen molar-refractivity contribution in [2.75, 3.05) is 13.2 Å². The molecule has 8 bridgehead atoms. The van der Waals surface area contributed by atoms with Gasteiger partial charge in [-0.05, 0) is 191 Å². The molecule has 0 saturated heterocycles. The molecule has 9 aromatic rings. The van der Waals surface area contributed by atoms with Crippen molar-refractivity contribution >= 4 is 0 Å². The first-order valence-corrected chi connectivity index (χ1v) is 28.6. The van der Waals surface area contributed by atoms with Crippen molar-refractivity contribution in [1.82, 2.24) is 44.9 Å². The zero-order valence-corrected chi connectivity index (χ0v) is 49.3. The monoisotopic (exact) mass is 1070 g/mol.